The summed E-state index contributed by atoms with van der Waals surface area (Å²) in [4.78, 5) is 14.0. The third-order valence-electron chi connectivity index (χ3n) is 2.71. The van der Waals surface area contributed by atoms with Gasteiger partial charge in [-0.2, -0.15) is 0 Å². The Kier molecular flexibility index (Phi) is 4.01. The van der Waals surface area contributed by atoms with Gasteiger partial charge in [-0.1, -0.05) is 23.7 Å². The number of hydrogen-bond donors (Lipinski definition) is 1. The summed E-state index contributed by atoms with van der Waals surface area (Å²) in [6, 6.07) is 7.51. The molecule has 0 spiro atoms. The molecule has 0 aliphatic carbocycles. The molecule has 0 aliphatic rings. The molecule has 0 unspecified atom stereocenters. The number of nitrogens with one attached hydrogen (secondary N) is 1. The molecule has 0 bridgehead atoms. The Bertz CT molecular complexity index is 580. The molecule has 2 rings (SSSR count). The summed E-state index contributed by atoms with van der Waals surface area (Å²) in [5.41, 5.74) is 1.11. The number of aromatic nitrogens is 2. The number of benzene rings is 1. The zero-order valence-corrected chi connectivity index (χ0v) is 11.1. The van der Waals surface area contributed by atoms with Gasteiger partial charge in [0.2, 0.25) is 12.1 Å². The molecule has 100 valence electrons. The van der Waals surface area contributed by atoms with Gasteiger partial charge in [-0.15, -0.1) is 0 Å². The lowest BCUT2D eigenvalue weighted by Gasteiger charge is -2.06. The van der Waals surface area contributed by atoms with E-state index in [1.165, 1.54) is 6.33 Å². The molecule has 19 heavy (non-hydrogen) atoms. The second kappa shape index (κ2) is 5.71. The summed E-state index contributed by atoms with van der Waals surface area (Å²) in [6.45, 7) is 0.585. The minimum atomic E-state index is -0.495. The molecule has 1 N–H and O–H groups in total. The Morgan fingerprint density at radius 2 is 2.11 bits per heavy atom. The zero-order valence-electron chi connectivity index (χ0n) is 10.3. The molecule has 0 amide bonds. The van der Waals surface area contributed by atoms with Crippen LogP contribution in [0.15, 0.2) is 30.6 Å². The van der Waals surface area contributed by atoms with Crippen molar-refractivity contribution in [3.63, 3.8) is 0 Å². The molecule has 6 nitrogen and oxygen atoms in total. The Hall–Kier alpha value is -2.08. The van der Waals surface area contributed by atoms with Crippen LogP contribution in [0.4, 0.5) is 11.6 Å². The lowest BCUT2D eigenvalue weighted by molar-refractivity contribution is -0.388. The molecule has 0 aliphatic heterocycles. The van der Waals surface area contributed by atoms with Gasteiger partial charge >= 0.3 is 5.82 Å². The first-order valence-electron chi connectivity index (χ1n) is 5.72. The van der Waals surface area contributed by atoms with E-state index in [9.17, 15) is 10.1 Å². The third-order valence-corrected chi connectivity index (χ3v) is 2.96. The van der Waals surface area contributed by atoms with Gasteiger partial charge in [0.1, 0.15) is 0 Å². The van der Waals surface area contributed by atoms with Crippen LogP contribution in [0.1, 0.15) is 5.56 Å². The predicted molar refractivity (Wildman–Crippen MR) is 73.5 cm³/mol. The monoisotopic (exact) mass is 280 g/mol. The smallest absolute Gasteiger partial charge is 0.364 e. The molecule has 0 saturated heterocycles. The second-order valence-corrected chi connectivity index (χ2v) is 4.52. The number of rotatable bonds is 5. The van der Waals surface area contributed by atoms with Crippen LogP contribution in [-0.4, -0.2) is 21.0 Å². The number of aryl methyl sites for hydroxylation is 1. The molecular weight excluding hydrogens is 268 g/mol. The average molecular weight is 281 g/mol. The lowest BCUT2D eigenvalue weighted by atomic mass is 10.1. The van der Waals surface area contributed by atoms with Crippen molar-refractivity contribution in [3.8, 4) is 0 Å². The lowest BCUT2D eigenvalue weighted by Crippen LogP contribution is -2.09. The first kappa shape index (κ1) is 13.4. The first-order valence-corrected chi connectivity index (χ1v) is 6.10. The van der Waals surface area contributed by atoms with Crippen LogP contribution in [0.2, 0.25) is 5.02 Å². The van der Waals surface area contributed by atoms with Crippen molar-refractivity contribution >= 4 is 23.2 Å². The van der Waals surface area contributed by atoms with Crippen LogP contribution >= 0.6 is 11.6 Å². The standard InChI is InChI=1S/C12H13ClN4O2/c1-16-8-15-12(17(18)19)11(16)14-7-6-9-2-4-10(13)5-3-9/h2-5,8,14H,6-7H2,1H3. The Morgan fingerprint density at radius 3 is 2.74 bits per heavy atom. The normalized spacial score (nSPS) is 10.4. The van der Waals surface area contributed by atoms with Crippen molar-refractivity contribution in [2.24, 2.45) is 7.05 Å². The molecule has 0 saturated carbocycles. The summed E-state index contributed by atoms with van der Waals surface area (Å²) in [5, 5.41) is 14.5. The van der Waals surface area contributed by atoms with Gasteiger partial charge in [-0.25, -0.2) is 0 Å². The van der Waals surface area contributed by atoms with E-state index in [2.05, 4.69) is 10.3 Å². The van der Waals surface area contributed by atoms with Crippen LogP contribution in [0.3, 0.4) is 0 Å². The molecule has 0 radical (unpaired) electrons. The van der Waals surface area contributed by atoms with E-state index in [1.807, 2.05) is 24.3 Å². The van der Waals surface area contributed by atoms with Gasteiger partial charge in [0, 0.05) is 18.6 Å². The second-order valence-electron chi connectivity index (χ2n) is 4.09. The van der Waals surface area contributed by atoms with Crippen molar-refractivity contribution in [1.82, 2.24) is 9.55 Å². The maximum Gasteiger partial charge on any atom is 0.406 e. The van der Waals surface area contributed by atoms with Gasteiger partial charge < -0.3 is 15.4 Å². The first-order chi connectivity index (χ1) is 9.08. The van der Waals surface area contributed by atoms with Crippen LogP contribution < -0.4 is 5.32 Å². The fourth-order valence-electron chi connectivity index (χ4n) is 1.73. The predicted octanol–water partition coefficient (Wildman–Crippen LogP) is 2.64. The van der Waals surface area contributed by atoms with Crippen LogP contribution in [0, 0.1) is 10.1 Å². The van der Waals surface area contributed by atoms with Crippen molar-refractivity contribution in [1.29, 1.82) is 0 Å². The Morgan fingerprint density at radius 1 is 1.42 bits per heavy atom. The van der Waals surface area contributed by atoms with Gasteiger partial charge in [0.25, 0.3) is 0 Å². The van der Waals surface area contributed by atoms with Gasteiger partial charge in [-0.3, -0.25) is 4.57 Å². The van der Waals surface area contributed by atoms with Crippen molar-refractivity contribution in [3.05, 3.63) is 51.3 Å². The number of imidazole rings is 1. The summed E-state index contributed by atoms with van der Waals surface area (Å²) < 4.78 is 1.60. The van der Waals surface area contributed by atoms with E-state index < -0.39 is 4.92 Å². The average Bonchev–Trinajstić information content (AvgIpc) is 2.74. The minimum Gasteiger partial charge on any atom is -0.364 e. The Balaban J connectivity index is 1.97. The summed E-state index contributed by atoms with van der Waals surface area (Å²) in [6.07, 6.45) is 2.17. The van der Waals surface area contributed by atoms with Crippen LogP contribution in [0.5, 0.6) is 0 Å². The number of nitrogens with zero attached hydrogens (tertiary/aromatic N) is 3. The quantitative estimate of drug-likeness (QED) is 0.675. The number of nitro groups is 1. The van der Waals surface area contributed by atoms with Gasteiger partial charge in [-0.05, 0) is 34.0 Å². The number of anilines is 1. The third kappa shape index (κ3) is 3.23. The topological polar surface area (TPSA) is 73.0 Å². The highest BCUT2D eigenvalue weighted by atomic mass is 35.5. The van der Waals surface area contributed by atoms with E-state index in [1.54, 1.807) is 11.6 Å². The molecule has 0 fully saturated rings. The summed E-state index contributed by atoms with van der Waals surface area (Å²) >= 11 is 5.80. The van der Waals surface area contributed by atoms with E-state index in [0.717, 1.165) is 12.0 Å². The number of halogens is 1. The maximum absolute atomic E-state index is 10.8. The molecular formula is C12H13ClN4O2. The number of hydrogen-bond acceptors (Lipinski definition) is 4. The van der Waals surface area contributed by atoms with Crippen molar-refractivity contribution in [2.45, 2.75) is 6.42 Å². The fraction of sp³-hybridized carbons (Fsp3) is 0.250. The molecule has 2 aromatic rings. The fourth-order valence-corrected chi connectivity index (χ4v) is 1.86. The Labute approximate surface area is 115 Å². The minimum absolute atomic E-state index is 0.154. The molecule has 1 aromatic carbocycles. The highest BCUT2D eigenvalue weighted by Crippen LogP contribution is 2.20. The molecule has 7 heteroatoms. The van der Waals surface area contributed by atoms with E-state index in [-0.39, 0.29) is 5.82 Å². The SMILES string of the molecule is Cn1cnc([N+](=O)[O-])c1NCCc1ccc(Cl)cc1. The largest absolute Gasteiger partial charge is 0.406 e. The van der Waals surface area contributed by atoms with Crippen LogP contribution in [-0.2, 0) is 13.5 Å². The highest BCUT2D eigenvalue weighted by Gasteiger charge is 2.19. The van der Waals surface area contributed by atoms with Crippen molar-refractivity contribution in [2.75, 3.05) is 11.9 Å². The highest BCUT2D eigenvalue weighted by molar-refractivity contribution is 6.30. The summed E-state index contributed by atoms with van der Waals surface area (Å²) in [7, 11) is 1.71. The van der Waals surface area contributed by atoms with E-state index in [4.69, 9.17) is 11.6 Å². The maximum atomic E-state index is 10.8. The zero-order chi connectivity index (χ0) is 13.8. The van der Waals surface area contributed by atoms with Crippen molar-refractivity contribution < 1.29 is 4.92 Å². The molecule has 1 heterocycles. The van der Waals surface area contributed by atoms with Gasteiger partial charge in [0.15, 0.2) is 0 Å². The van der Waals surface area contributed by atoms with E-state index >= 15 is 0 Å². The van der Waals surface area contributed by atoms with Gasteiger partial charge in [0.05, 0.1) is 0 Å². The summed E-state index contributed by atoms with van der Waals surface area (Å²) in [5.74, 6) is 0.262. The molecule has 1 aromatic heterocycles. The van der Waals surface area contributed by atoms with E-state index in [0.29, 0.717) is 17.4 Å². The van der Waals surface area contributed by atoms with Crippen LogP contribution in [0.25, 0.3) is 0 Å². The molecule has 0 atom stereocenters.